The van der Waals surface area contributed by atoms with Gasteiger partial charge in [-0.05, 0) is 35.9 Å². The van der Waals surface area contributed by atoms with Crippen molar-refractivity contribution in [3.63, 3.8) is 0 Å². The molecule has 2 heterocycles. The number of alkyl halides is 3. The minimum absolute atomic E-state index is 0.136. The van der Waals surface area contributed by atoms with Gasteiger partial charge in [0.1, 0.15) is 6.54 Å². The van der Waals surface area contributed by atoms with Crippen LogP contribution in [0.3, 0.4) is 0 Å². The number of nitrogens with zero attached hydrogens (tertiary/aromatic N) is 2. The highest BCUT2D eigenvalue weighted by Gasteiger charge is 2.33. The van der Waals surface area contributed by atoms with Gasteiger partial charge < -0.3 is 15.1 Å². The molecule has 0 unspecified atom stereocenters. The molecule has 0 atom stereocenters. The van der Waals surface area contributed by atoms with Gasteiger partial charge >= 0.3 is 6.18 Å². The Morgan fingerprint density at radius 2 is 1.96 bits per heavy atom. The van der Waals surface area contributed by atoms with E-state index in [9.17, 15) is 22.8 Å². The summed E-state index contributed by atoms with van der Waals surface area (Å²) in [5.41, 5.74) is 0.150. The molecule has 1 aromatic carbocycles. The van der Waals surface area contributed by atoms with Crippen LogP contribution < -0.4 is 10.6 Å². The van der Waals surface area contributed by atoms with Gasteiger partial charge in [-0.1, -0.05) is 12.1 Å². The zero-order valence-electron chi connectivity index (χ0n) is 14.4. The molecule has 0 fully saturated rings. The molecule has 3 aromatic rings. The van der Waals surface area contributed by atoms with Crippen LogP contribution in [0.4, 0.5) is 18.9 Å². The Balaban J connectivity index is 1.53. The largest absolute Gasteiger partial charge is 0.459 e. The van der Waals surface area contributed by atoms with Crippen molar-refractivity contribution in [2.24, 2.45) is 0 Å². The van der Waals surface area contributed by atoms with Crippen LogP contribution in [0.2, 0.25) is 0 Å². The number of halogens is 3. The monoisotopic (exact) mass is 392 g/mol. The maximum atomic E-state index is 12.5. The number of hydrogen-bond donors (Lipinski definition) is 2. The van der Waals surface area contributed by atoms with E-state index in [0.29, 0.717) is 11.3 Å². The van der Waals surface area contributed by atoms with Crippen molar-refractivity contribution in [2.75, 3.05) is 5.32 Å². The van der Waals surface area contributed by atoms with Gasteiger partial charge in [-0.2, -0.15) is 18.3 Å². The van der Waals surface area contributed by atoms with Crippen LogP contribution in [0.25, 0.3) is 0 Å². The summed E-state index contributed by atoms with van der Waals surface area (Å²) in [6, 6.07) is 10.7. The molecule has 0 aliphatic rings. The molecular weight excluding hydrogens is 377 g/mol. The third kappa shape index (κ3) is 5.00. The van der Waals surface area contributed by atoms with E-state index in [-0.39, 0.29) is 18.8 Å². The van der Waals surface area contributed by atoms with Gasteiger partial charge in [-0.15, -0.1) is 0 Å². The van der Waals surface area contributed by atoms with Crippen molar-refractivity contribution in [1.29, 1.82) is 0 Å². The van der Waals surface area contributed by atoms with Crippen LogP contribution in [0, 0.1) is 0 Å². The summed E-state index contributed by atoms with van der Waals surface area (Å²) in [5, 5.41) is 8.58. The van der Waals surface area contributed by atoms with E-state index in [0.717, 1.165) is 16.9 Å². The number of anilines is 1. The lowest BCUT2D eigenvalue weighted by Gasteiger charge is -2.08. The number of benzene rings is 1. The molecule has 3 rings (SSSR count). The minimum Gasteiger partial charge on any atom is -0.459 e. The van der Waals surface area contributed by atoms with Crippen LogP contribution in [-0.4, -0.2) is 21.6 Å². The van der Waals surface area contributed by atoms with Crippen molar-refractivity contribution in [3.05, 3.63) is 71.9 Å². The summed E-state index contributed by atoms with van der Waals surface area (Å²) in [6.45, 7) is -0.207. The summed E-state index contributed by atoms with van der Waals surface area (Å²) in [7, 11) is 0. The zero-order chi connectivity index (χ0) is 20.1. The highest BCUT2D eigenvalue weighted by molar-refractivity contribution is 6.02. The Labute approximate surface area is 157 Å². The Morgan fingerprint density at radius 1 is 1.14 bits per heavy atom. The molecule has 0 bridgehead atoms. The number of nitrogens with one attached hydrogen (secondary N) is 2. The van der Waals surface area contributed by atoms with Crippen LogP contribution >= 0.6 is 0 Å². The molecular formula is C18H15F3N4O3. The van der Waals surface area contributed by atoms with Crippen molar-refractivity contribution in [2.45, 2.75) is 19.3 Å². The lowest BCUT2D eigenvalue weighted by Crippen LogP contribution is -2.27. The third-order valence-electron chi connectivity index (χ3n) is 3.66. The minimum atomic E-state index is -4.55. The van der Waals surface area contributed by atoms with Crippen molar-refractivity contribution < 1.29 is 27.2 Å². The van der Waals surface area contributed by atoms with E-state index in [1.165, 1.54) is 12.3 Å². The van der Waals surface area contributed by atoms with E-state index in [2.05, 4.69) is 15.7 Å². The van der Waals surface area contributed by atoms with Gasteiger partial charge in [0.05, 0.1) is 6.26 Å². The molecule has 0 spiro atoms. The van der Waals surface area contributed by atoms with Crippen molar-refractivity contribution in [3.8, 4) is 0 Å². The normalized spacial score (nSPS) is 11.2. The average Bonchev–Trinajstić information content (AvgIpc) is 3.32. The number of furan rings is 1. The topological polar surface area (TPSA) is 89.2 Å². The fourth-order valence-corrected chi connectivity index (χ4v) is 2.36. The molecule has 0 aliphatic heterocycles. The summed E-state index contributed by atoms with van der Waals surface area (Å²) >= 11 is 0. The first-order valence-electron chi connectivity index (χ1n) is 8.12. The Morgan fingerprint density at radius 3 is 2.64 bits per heavy atom. The van der Waals surface area contributed by atoms with Gasteiger partial charge in [0.15, 0.2) is 11.5 Å². The summed E-state index contributed by atoms with van der Waals surface area (Å²) in [6.07, 6.45) is -2.08. The number of aromatic nitrogens is 2. The van der Waals surface area contributed by atoms with Gasteiger partial charge in [0.25, 0.3) is 5.91 Å². The van der Waals surface area contributed by atoms with Gasteiger partial charge in [0, 0.05) is 18.4 Å². The lowest BCUT2D eigenvalue weighted by molar-refractivity contribution is -0.141. The smallest absolute Gasteiger partial charge is 0.435 e. The lowest BCUT2D eigenvalue weighted by atomic mass is 10.2. The van der Waals surface area contributed by atoms with Crippen LogP contribution in [0.5, 0.6) is 0 Å². The summed E-state index contributed by atoms with van der Waals surface area (Å²) in [4.78, 5) is 23.9. The number of hydrogen-bond acceptors (Lipinski definition) is 4. The second-order valence-electron chi connectivity index (χ2n) is 5.80. The highest BCUT2D eigenvalue weighted by Crippen LogP contribution is 2.27. The Kier molecular flexibility index (Phi) is 5.48. The van der Waals surface area contributed by atoms with E-state index < -0.39 is 23.7 Å². The maximum absolute atomic E-state index is 12.5. The standard InChI is InChI=1S/C18H15F3N4O3/c19-18(20,21)15-6-7-25(24-15)11-16(26)22-10-12-3-1-4-13(9-12)23-17(27)14-5-2-8-28-14/h1-9H,10-11H2,(H,22,26)(H,23,27). The third-order valence-corrected chi connectivity index (χ3v) is 3.66. The predicted octanol–water partition coefficient (Wildman–Crippen LogP) is 3.06. The first-order valence-corrected chi connectivity index (χ1v) is 8.12. The molecule has 10 heteroatoms. The van der Waals surface area contributed by atoms with Crippen LogP contribution in [0.1, 0.15) is 21.8 Å². The van der Waals surface area contributed by atoms with E-state index in [1.807, 2.05) is 0 Å². The molecule has 0 saturated carbocycles. The van der Waals surface area contributed by atoms with Gasteiger partial charge in [-0.3, -0.25) is 14.3 Å². The molecule has 146 valence electrons. The van der Waals surface area contributed by atoms with Crippen LogP contribution in [-0.2, 0) is 24.1 Å². The molecule has 28 heavy (non-hydrogen) atoms. The fourth-order valence-electron chi connectivity index (χ4n) is 2.36. The quantitative estimate of drug-likeness (QED) is 0.675. The van der Waals surface area contributed by atoms with E-state index >= 15 is 0 Å². The summed E-state index contributed by atoms with van der Waals surface area (Å²) in [5.74, 6) is -0.747. The number of amides is 2. The molecule has 0 radical (unpaired) electrons. The molecule has 0 aliphatic carbocycles. The number of rotatable bonds is 6. The van der Waals surface area contributed by atoms with Crippen molar-refractivity contribution in [1.82, 2.24) is 15.1 Å². The molecule has 2 aromatic heterocycles. The highest BCUT2D eigenvalue weighted by atomic mass is 19.4. The Hall–Kier alpha value is -3.56. The second-order valence-corrected chi connectivity index (χ2v) is 5.80. The SMILES string of the molecule is O=C(Cn1ccc(C(F)(F)F)n1)NCc1cccc(NC(=O)c2ccco2)c1. The van der Waals surface area contributed by atoms with E-state index in [4.69, 9.17) is 4.42 Å². The molecule has 2 amide bonds. The summed E-state index contributed by atoms with van der Waals surface area (Å²) < 4.78 is 43.5. The first kappa shape index (κ1) is 19.2. The zero-order valence-corrected chi connectivity index (χ0v) is 14.4. The van der Waals surface area contributed by atoms with Gasteiger partial charge in [0.2, 0.25) is 5.91 Å². The van der Waals surface area contributed by atoms with Crippen LogP contribution in [0.15, 0.2) is 59.3 Å². The fraction of sp³-hybridized carbons (Fsp3) is 0.167. The maximum Gasteiger partial charge on any atom is 0.435 e. The van der Waals surface area contributed by atoms with Gasteiger partial charge in [-0.25, -0.2) is 0 Å². The molecule has 7 nitrogen and oxygen atoms in total. The van der Waals surface area contributed by atoms with Crippen molar-refractivity contribution >= 4 is 17.5 Å². The second kappa shape index (κ2) is 7.99. The number of carbonyl (C=O) groups is 2. The first-order chi connectivity index (χ1) is 13.3. The molecule has 2 N–H and O–H groups in total. The number of carbonyl (C=O) groups excluding carboxylic acids is 2. The van der Waals surface area contributed by atoms with E-state index in [1.54, 1.807) is 30.3 Å². The predicted molar refractivity (Wildman–Crippen MR) is 92.2 cm³/mol. The molecule has 0 saturated heterocycles. The average molecular weight is 392 g/mol. The Bertz CT molecular complexity index is 965.